The summed E-state index contributed by atoms with van der Waals surface area (Å²) < 4.78 is 25.7. The van der Waals surface area contributed by atoms with Crippen molar-refractivity contribution in [3.8, 4) is 0 Å². The monoisotopic (exact) mass is 256 g/mol. The molecule has 94 valence electrons. The van der Waals surface area contributed by atoms with Crippen molar-refractivity contribution in [1.82, 2.24) is 14.8 Å². The first-order valence-corrected chi connectivity index (χ1v) is 7.71. The van der Waals surface area contributed by atoms with Gasteiger partial charge in [0.05, 0.1) is 11.8 Å². The molecule has 2 atom stereocenters. The highest BCUT2D eigenvalue weighted by Gasteiger charge is 2.38. The molecule has 2 unspecified atom stereocenters. The molecule has 0 aromatic carbocycles. The van der Waals surface area contributed by atoms with Crippen LogP contribution in [0.4, 0.5) is 0 Å². The fraction of sp³-hybridized carbons (Fsp3) is 0.800. The lowest BCUT2D eigenvalue weighted by molar-refractivity contribution is 0.440. The van der Waals surface area contributed by atoms with E-state index in [0.29, 0.717) is 12.2 Å². The molecule has 2 aliphatic heterocycles. The largest absolute Gasteiger partial charge is 0.321 e. The molecule has 1 aromatic rings. The first-order chi connectivity index (χ1) is 8.09. The molecule has 6 nitrogen and oxygen atoms in total. The van der Waals surface area contributed by atoms with Gasteiger partial charge in [-0.15, -0.1) is 10.2 Å². The van der Waals surface area contributed by atoms with Crippen molar-refractivity contribution in [3.05, 3.63) is 11.6 Å². The van der Waals surface area contributed by atoms with E-state index >= 15 is 0 Å². The Morgan fingerprint density at radius 2 is 1.94 bits per heavy atom. The number of rotatable bonds is 1. The van der Waals surface area contributed by atoms with Gasteiger partial charge in [0.25, 0.3) is 0 Å². The Balaban J connectivity index is 2.05. The molecule has 3 heterocycles. The summed E-state index contributed by atoms with van der Waals surface area (Å²) in [5.74, 6) is 1.62. The number of nitrogens with two attached hydrogens (primary N) is 1. The minimum Gasteiger partial charge on any atom is -0.321 e. The second kappa shape index (κ2) is 3.78. The fourth-order valence-electron chi connectivity index (χ4n) is 2.75. The Kier molecular flexibility index (Phi) is 2.48. The molecule has 0 spiro atoms. The van der Waals surface area contributed by atoms with E-state index in [1.165, 1.54) is 0 Å². The SMILES string of the molecule is NC1CCCn2c1nnc2C1CCCS1(=O)=O. The predicted octanol–water partition coefficient (Wildman–Crippen LogP) is 0.321. The standard InChI is InChI=1S/C10H16N4O2S/c11-7-3-1-5-14-9(7)12-13-10(14)8-4-2-6-17(8,15)16/h7-8H,1-6,11H2. The van der Waals surface area contributed by atoms with Crippen LogP contribution < -0.4 is 5.73 Å². The van der Waals surface area contributed by atoms with Gasteiger partial charge in [-0.1, -0.05) is 0 Å². The molecule has 0 saturated carbocycles. The van der Waals surface area contributed by atoms with E-state index in [9.17, 15) is 8.42 Å². The van der Waals surface area contributed by atoms with E-state index in [-0.39, 0.29) is 11.8 Å². The highest BCUT2D eigenvalue weighted by Crippen LogP contribution is 2.35. The van der Waals surface area contributed by atoms with Crippen LogP contribution in [0.15, 0.2) is 0 Å². The summed E-state index contributed by atoms with van der Waals surface area (Å²) in [5, 5.41) is 7.69. The Hall–Kier alpha value is -0.950. The van der Waals surface area contributed by atoms with E-state index in [1.54, 1.807) is 0 Å². The van der Waals surface area contributed by atoms with Gasteiger partial charge in [-0.3, -0.25) is 0 Å². The van der Waals surface area contributed by atoms with Gasteiger partial charge in [0.15, 0.2) is 15.7 Å². The lowest BCUT2D eigenvalue weighted by Gasteiger charge is -2.21. The first-order valence-electron chi connectivity index (χ1n) is 6.00. The quantitative estimate of drug-likeness (QED) is 0.781. The van der Waals surface area contributed by atoms with Crippen molar-refractivity contribution in [1.29, 1.82) is 0 Å². The zero-order valence-electron chi connectivity index (χ0n) is 9.54. The second-order valence-electron chi connectivity index (χ2n) is 4.81. The molecule has 0 radical (unpaired) electrons. The van der Waals surface area contributed by atoms with Gasteiger partial charge < -0.3 is 10.3 Å². The summed E-state index contributed by atoms with van der Waals surface area (Å²) in [6.07, 6.45) is 3.25. The first kappa shape index (κ1) is 11.2. The summed E-state index contributed by atoms with van der Waals surface area (Å²) >= 11 is 0. The molecule has 7 heteroatoms. The van der Waals surface area contributed by atoms with Crippen LogP contribution in [0.25, 0.3) is 0 Å². The van der Waals surface area contributed by atoms with Crippen LogP contribution in [0.5, 0.6) is 0 Å². The van der Waals surface area contributed by atoms with Gasteiger partial charge >= 0.3 is 0 Å². The normalized spacial score (nSPS) is 31.4. The molecule has 2 N–H and O–H groups in total. The Morgan fingerprint density at radius 1 is 1.18 bits per heavy atom. The second-order valence-corrected chi connectivity index (χ2v) is 7.12. The van der Waals surface area contributed by atoms with E-state index in [4.69, 9.17) is 5.73 Å². The third-order valence-electron chi connectivity index (χ3n) is 3.65. The van der Waals surface area contributed by atoms with Crippen LogP contribution in [0.1, 0.15) is 48.6 Å². The zero-order valence-corrected chi connectivity index (χ0v) is 10.4. The predicted molar refractivity (Wildman–Crippen MR) is 61.9 cm³/mol. The van der Waals surface area contributed by atoms with E-state index < -0.39 is 15.1 Å². The van der Waals surface area contributed by atoms with E-state index in [0.717, 1.165) is 31.6 Å². The molecule has 1 saturated heterocycles. The maximum Gasteiger partial charge on any atom is 0.160 e. The number of sulfone groups is 1. The molecule has 0 aliphatic carbocycles. The Bertz CT molecular complexity index is 537. The van der Waals surface area contributed by atoms with E-state index in [2.05, 4.69) is 10.2 Å². The topological polar surface area (TPSA) is 90.9 Å². The highest BCUT2D eigenvalue weighted by molar-refractivity contribution is 7.91. The molecular formula is C10H16N4O2S. The van der Waals surface area contributed by atoms with Crippen LogP contribution in [-0.2, 0) is 16.4 Å². The van der Waals surface area contributed by atoms with Crippen LogP contribution >= 0.6 is 0 Å². The van der Waals surface area contributed by atoms with Crippen molar-refractivity contribution in [2.24, 2.45) is 5.73 Å². The van der Waals surface area contributed by atoms with Crippen LogP contribution in [0, 0.1) is 0 Å². The molecule has 2 aliphatic rings. The van der Waals surface area contributed by atoms with Gasteiger partial charge in [-0.25, -0.2) is 8.42 Å². The number of fused-ring (bicyclic) bond motifs is 1. The smallest absolute Gasteiger partial charge is 0.160 e. The van der Waals surface area contributed by atoms with Crippen molar-refractivity contribution in [3.63, 3.8) is 0 Å². The molecule has 17 heavy (non-hydrogen) atoms. The highest BCUT2D eigenvalue weighted by atomic mass is 32.2. The summed E-state index contributed by atoms with van der Waals surface area (Å²) in [4.78, 5) is 0. The van der Waals surface area contributed by atoms with Crippen LogP contribution in [-0.4, -0.2) is 28.9 Å². The summed E-state index contributed by atoms with van der Waals surface area (Å²) in [7, 11) is -3.03. The van der Waals surface area contributed by atoms with Crippen molar-refractivity contribution < 1.29 is 8.42 Å². The maximum atomic E-state index is 11.9. The van der Waals surface area contributed by atoms with Crippen molar-refractivity contribution in [2.75, 3.05) is 5.75 Å². The average molecular weight is 256 g/mol. The lowest BCUT2D eigenvalue weighted by Crippen LogP contribution is -2.24. The minimum absolute atomic E-state index is 0.103. The molecule has 1 aromatic heterocycles. The van der Waals surface area contributed by atoms with Gasteiger partial charge in [-0.05, 0) is 25.7 Å². The lowest BCUT2D eigenvalue weighted by atomic mass is 10.1. The average Bonchev–Trinajstić information content (AvgIpc) is 2.82. The van der Waals surface area contributed by atoms with Crippen molar-refractivity contribution >= 4 is 9.84 Å². The van der Waals surface area contributed by atoms with Crippen LogP contribution in [0.3, 0.4) is 0 Å². The summed E-state index contributed by atoms with van der Waals surface area (Å²) in [6.45, 7) is 0.789. The summed E-state index contributed by atoms with van der Waals surface area (Å²) in [5.41, 5.74) is 5.95. The molecule has 0 amide bonds. The van der Waals surface area contributed by atoms with Gasteiger partial charge in [0.1, 0.15) is 11.1 Å². The third kappa shape index (κ3) is 1.68. The third-order valence-corrected chi connectivity index (χ3v) is 5.82. The minimum atomic E-state index is -3.03. The van der Waals surface area contributed by atoms with Crippen LogP contribution in [0.2, 0.25) is 0 Å². The summed E-state index contributed by atoms with van der Waals surface area (Å²) in [6, 6.07) is -0.103. The Labute approximate surface area is 100 Å². The van der Waals surface area contributed by atoms with Gasteiger partial charge in [0.2, 0.25) is 0 Å². The molecule has 1 fully saturated rings. The van der Waals surface area contributed by atoms with Crippen molar-refractivity contribution in [2.45, 2.75) is 43.5 Å². The zero-order chi connectivity index (χ0) is 12.0. The molecule has 3 rings (SSSR count). The number of hydrogen-bond donors (Lipinski definition) is 1. The van der Waals surface area contributed by atoms with Gasteiger partial charge in [0, 0.05) is 6.54 Å². The Morgan fingerprint density at radius 3 is 2.65 bits per heavy atom. The molecular weight excluding hydrogens is 240 g/mol. The maximum absolute atomic E-state index is 11.9. The number of hydrogen-bond acceptors (Lipinski definition) is 5. The molecule has 0 bridgehead atoms. The number of aromatic nitrogens is 3. The van der Waals surface area contributed by atoms with Gasteiger partial charge in [-0.2, -0.15) is 0 Å². The number of nitrogens with zero attached hydrogens (tertiary/aromatic N) is 3. The van der Waals surface area contributed by atoms with E-state index in [1.807, 2.05) is 4.57 Å². The fourth-order valence-corrected chi connectivity index (χ4v) is 4.62.